The molecule has 138 heavy (non-hydrogen) atoms. The molecule has 7 N–H and O–H groups in total. The number of aromatic carboxylic acids is 1. The lowest BCUT2D eigenvalue weighted by Gasteiger charge is -2.42. The van der Waals surface area contributed by atoms with Crippen LogP contribution in [0, 0.1) is 23.7 Å². The molecule has 15 nitrogen and oxygen atoms in total. The third-order valence-corrected chi connectivity index (χ3v) is 29.5. The summed E-state index contributed by atoms with van der Waals surface area (Å²) in [6.07, 6.45) is 14.5. The maximum absolute atomic E-state index is 12.7. The summed E-state index contributed by atoms with van der Waals surface area (Å²) >= 11 is 0. The van der Waals surface area contributed by atoms with Crippen molar-refractivity contribution >= 4 is 17.7 Å². The van der Waals surface area contributed by atoms with Gasteiger partial charge in [0.2, 0.25) is 0 Å². The number of esters is 1. The number of piperidine rings is 4. The van der Waals surface area contributed by atoms with Crippen molar-refractivity contribution in [3.63, 3.8) is 0 Å². The quantitative estimate of drug-likeness (QED) is 0.0113. The van der Waals surface area contributed by atoms with Gasteiger partial charge in [0.1, 0.15) is 22.4 Å². The fraction of sp³-hybridized carbons (Fsp3) is 0.390. The topological polar surface area (TPSA) is 215 Å². The number of likely N-dealkylation sites (tertiary alicyclic amines) is 4. The average molecular weight is 1860 g/mol. The lowest BCUT2D eigenvalue weighted by Crippen LogP contribution is -2.44. The predicted molar refractivity (Wildman–Crippen MR) is 557 cm³/mol. The Morgan fingerprint density at radius 1 is 0.297 bits per heavy atom. The molecule has 4 aliphatic heterocycles. The van der Waals surface area contributed by atoms with Gasteiger partial charge in [-0.3, -0.25) is 4.79 Å². The van der Waals surface area contributed by atoms with Crippen LogP contribution in [0.5, 0.6) is 0 Å². The van der Waals surface area contributed by atoms with E-state index < -0.39 is 40.6 Å². The van der Waals surface area contributed by atoms with Crippen molar-refractivity contribution in [1.82, 2.24) is 19.6 Å². The van der Waals surface area contributed by atoms with E-state index in [4.69, 9.17) is 9.84 Å². The molecule has 0 spiro atoms. The molecule has 4 saturated heterocycles. The first-order chi connectivity index (χ1) is 66.6. The van der Waals surface area contributed by atoms with E-state index in [0.717, 1.165) is 217 Å². The number of ketones is 1. The minimum absolute atomic E-state index is 0.0981. The third-order valence-electron chi connectivity index (χ3n) is 29.5. The summed E-state index contributed by atoms with van der Waals surface area (Å²) in [4.78, 5) is 45.1. The van der Waals surface area contributed by atoms with Gasteiger partial charge in [-0.05, 0) is 312 Å². The normalized spacial score (nSPS) is 16.0. The summed E-state index contributed by atoms with van der Waals surface area (Å²) < 4.78 is 4.72. The number of aliphatic hydroxyl groups is 6. The number of unbranched alkanes of at least 4 members (excludes halogenated alkanes) is 1. The first-order valence-electron chi connectivity index (χ1n) is 50.5. The SMILES string of the molecule is CC(C)(C)c1ccc(C(=O)CCCN2CCC(C(O)(c3ccccc3)c3ccccc3)CC2)cc1.CC(C)(C)c1ccc(CCCCN2CCC(C(O)(c3ccccc3)c3ccccc3)CC2)cc1.COC(=O)c1ccc(C(O)CCCN2CCC(C(O)(c3ccccc3)c3ccccc3)CC2)cc1.O=C(O)c1ccc(C(O)CCCN2CCC(C(O)(c3ccccc3)c3ccccc3)CC2)cc1. The molecular weight excluding hydrogens is 1710 g/mol. The molecule has 0 saturated carbocycles. The predicted octanol–water partition coefficient (Wildman–Crippen LogP) is 23.3. The van der Waals surface area contributed by atoms with Gasteiger partial charge >= 0.3 is 11.9 Å². The number of ether oxygens (including phenoxy) is 1. The molecular formula is C123H148N4O11. The fourth-order valence-electron chi connectivity index (χ4n) is 21.1. The van der Waals surface area contributed by atoms with Crippen molar-refractivity contribution in [3.05, 3.63) is 429 Å². The lowest BCUT2D eigenvalue weighted by molar-refractivity contribution is -0.0148. The van der Waals surface area contributed by atoms with E-state index in [-0.39, 0.29) is 51.8 Å². The monoisotopic (exact) mass is 1860 g/mol. The zero-order valence-corrected chi connectivity index (χ0v) is 82.4. The maximum atomic E-state index is 12.7. The van der Waals surface area contributed by atoms with Crippen molar-refractivity contribution in [3.8, 4) is 0 Å². The largest absolute Gasteiger partial charge is 0.478 e. The number of methoxy groups -OCH3 is 1. The van der Waals surface area contributed by atoms with E-state index in [1.165, 1.54) is 48.8 Å². The van der Waals surface area contributed by atoms with E-state index in [1.54, 1.807) is 36.4 Å². The molecule has 2 atom stereocenters. The second kappa shape index (κ2) is 50.1. The van der Waals surface area contributed by atoms with Gasteiger partial charge in [-0.15, -0.1) is 0 Å². The maximum Gasteiger partial charge on any atom is 0.337 e. The zero-order chi connectivity index (χ0) is 97.6. The van der Waals surface area contributed by atoms with Gasteiger partial charge in [0, 0.05) is 12.0 Å². The number of aliphatic hydroxyl groups excluding tert-OH is 2. The Bertz CT molecular complexity index is 5430. The molecule has 726 valence electrons. The van der Waals surface area contributed by atoms with E-state index >= 15 is 0 Å². The Hall–Kier alpha value is -11.2. The number of nitrogens with zero attached hydrogens (tertiary/aromatic N) is 4. The van der Waals surface area contributed by atoms with Crippen molar-refractivity contribution < 1.29 is 54.9 Å². The summed E-state index contributed by atoms with van der Waals surface area (Å²) in [7, 11) is 1.36. The summed E-state index contributed by atoms with van der Waals surface area (Å²) in [6, 6.07) is 111. The molecule has 12 aromatic carbocycles. The number of hydrogen-bond donors (Lipinski definition) is 7. The molecule has 4 heterocycles. The van der Waals surface area contributed by atoms with Gasteiger partial charge in [-0.2, -0.15) is 0 Å². The number of rotatable bonds is 34. The Morgan fingerprint density at radius 3 is 0.790 bits per heavy atom. The van der Waals surface area contributed by atoms with Crippen LogP contribution in [-0.2, 0) is 44.4 Å². The minimum Gasteiger partial charge on any atom is -0.478 e. The Balaban J connectivity index is 0.000000155. The van der Waals surface area contributed by atoms with Crippen molar-refractivity contribution in [2.45, 2.75) is 196 Å². The van der Waals surface area contributed by atoms with Gasteiger partial charge in [0.05, 0.1) is 30.4 Å². The fourth-order valence-corrected chi connectivity index (χ4v) is 21.1. The number of hydrogen-bond acceptors (Lipinski definition) is 14. The first kappa shape index (κ1) is 104. The number of Topliss-reactive ketones (excluding diaryl/α,β-unsaturated/α-hetero) is 1. The summed E-state index contributed by atoms with van der Waals surface area (Å²) in [6.45, 7) is 25.0. The standard InChI is InChI=1S/C32H39NO2.C32H41NO.C30H35NO4.C29H33NO4/c1-31(2,3)26-18-16-25(17-19-26)30(34)15-10-22-33-23-20-29(21-24-33)32(35,27-11-6-4-7-12-27)28-13-8-5-9-14-28;1-31(2,3)27-19-17-26(18-20-27)12-10-11-23-33-24-21-30(22-25-33)32(34,28-13-6-4-7-14-28)29-15-8-5-9-16-29;1-35-29(33)24-16-14-23(15-17-24)28(32)13-8-20-31-21-18-27(19-22-31)30(34,25-9-4-2-5-10-25)26-11-6-3-7-12-26;31-27(22-13-15-23(16-14-22)28(32)33)12-7-19-30-20-17-26(18-21-30)29(34,24-8-3-1-4-9-24)25-10-5-2-6-11-25/h4-9,11-14,16-19,29,35H,10,15,20-24H2,1-3H3;4-9,13-20,30,34H,10-12,21-25H2,1-3H3;2-7,9-12,14-17,27-28,32,34H,8,13,18-22H2,1H3;1-6,8-11,13-16,26-27,31,34H,7,12,17-21H2,(H,32,33). The highest BCUT2D eigenvalue weighted by Crippen LogP contribution is 2.47. The number of aryl methyl sites for hydroxylation is 1. The van der Waals surface area contributed by atoms with Crippen LogP contribution < -0.4 is 0 Å². The number of carboxylic acid groups (broad SMARTS) is 1. The molecule has 4 aliphatic rings. The molecule has 0 aromatic heterocycles. The Morgan fingerprint density at radius 2 is 0.536 bits per heavy atom. The number of carbonyl (C=O) groups is 3. The molecule has 4 fully saturated rings. The summed E-state index contributed by atoms with van der Waals surface area (Å²) in [5.41, 5.74) is 11.3. The molecule has 16 rings (SSSR count). The second-order valence-electron chi connectivity index (χ2n) is 40.6. The van der Waals surface area contributed by atoms with Gasteiger partial charge in [0.15, 0.2) is 5.78 Å². The highest BCUT2D eigenvalue weighted by atomic mass is 16.5. The van der Waals surface area contributed by atoms with Crippen LogP contribution >= 0.6 is 0 Å². The first-order valence-corrected chi connectivity index (χ1v) is 50.5. The number of carboxylic acids is 1. The highest BCUT2D eigenvalue weighted by molar-refractivity contribution is 5.96. The third kappa shape index (κ3) is 27.5. The highest BCUT2D eigenvalue weighted by Gasteiger charge is 2.46. The van der Waals surface area contributed by atoms with E-state index in [0.29, 0.717) is 24.8 Å². The Kier molecular flexibility index (Phi) is 37.8. The molecule has 0 bridgehead atoms. The molecule has 2 unspecified atom stereocenters. The Labute approximate surface area is 821 Å². The molecule has 15 heteroatoms. The van der Waals surface area contributed by atoms with Crippen LogP contribution in [0.1, 0.15) is 260 Å². The molecule has 0 radical (unpaired) electrons. The average Bonchev–Trinajstić information content (AvgIpc) is 0.778. The zero-order valence-electron chi connectivity index (χ0n) is 82.4. The molecule has 0 amide bonds. The second-order valence-corrected chi connectivity index (χ2v) is 40.6. The van der Waals surface area contributed by atoms with Gasteiger partial charge in [0.25, 0.3) is 0 Å². The molecule has 12 aromatic rings. The van der Waals surface area contributed by atoms with Crippen molar-refractivity contribution in [2.24, 2.45) is 23.7 Å². The number of benzene rings is 12. The van der Waals surface area contributed by atoms with E-state index in [1.807, 2.05) is 231 Å². The number of carbonyl (C=O) groups excluding carboxylic acids is 2. The van der Waals surface area contributed by atoms with Crippen molar-refractivity contribution in [1.29, 1.82) is 0 Å². The molecule has 0 aliphatic carbocycles. The van der Waals surface area contributed by atoms with E-state index in [9.17, 15) is 45.0 Å². The van der Waals surface area contributed by atoms with Crippen LogP contribution in [-0.4, -0.2) is 159 Å². The van der Waals surface area contributed by atoms with Gasteiger partial charge < -0.3 is 60.1 Å². The van der Waals surface area contributed by atoms with Crippen LogP contribution in [0.3, 0.4) is 0 Å². The van der Waals surface area contributed by atoms with Crippen LogP contribution in [0.2, 0.25) is 0 Å². The van der Waals surface area contributed by atoms with Crippen LogP contribution in [0.25, 0.3) is 0 Å². The van der Waals surface area contributed by atoms with E-state index in [2.05, 4.69) is 122 Å². The smallest absolute Gasteiger partial charge is 0.337 e. The van der Waals surface area contributed by atoms with Gasteiger partial charge in [-0.25, -0.2) is 9.59 Å². The van der Waals surface area contributed by atoms with Crippen LogP contribution in [0.4, 0.5) is 0 Å². The lowest BCUT2D eigenvalue weighted by atomic mass is 9.72. The summed E-state index contributed by atoms with van der Waals surface area (Å²) in [5.74, 6) is -0.449. The minimum atomic E-state index is -1.01. The summed E-state index contributed by atoms with van der Waals surface area (Å²) in [5, 5.41) is 78.2. The van der Waals surface area contributed by atoms with Crippen LogP contribution in [0.15, 0.2) is 340 Å². The van der Waals surface area contributed by atoms with Crippen molar-refractivity contribution in [2.75, 3.05) is 85.6 Å². The van der Waals surface area contributed by atoms with Gasteiger partial charge in [-0.1, -0.05) is 357 Å².